The second-order valence-electron chi connectivity index (χ2n) is 4.17. The molecule has 0 radical (unpaired) electrons. The van der Waals surface area contributed by atoms with Crippen molar-refractivity contribution >= 4 is 0 Å². The number of ether oxygens (including phenoxy) is 2. The molecule has 0 fully saturated rings. The van der Waals surface area contributed by atoms with E-state index in [1.54, 1.807) is 33.3 Å². The number of hydrogen-bond acceptors (Lipinski definition) is 3. The molecule has 0 spiro atoms. The SMILES string of the molecule is C=CCCC(C)(O)c1ccc(OC)cc1OC. The molecule has 1 rings (SSSR count). The Morgan fingerprint density at radius 1 is 1.35 bits per heavy atom. The summed E-state index contributed by atoms with van der Waals surface area (Å²) < 4.78 is 10.4. The van der Waals surface area contributed by atoms with Crippen LogP contribution < -0.4 is 9.47 Å². The number of methoxy groups -OCH3 is 2. The molecule has 3 heteroatoms. The fraction of sp³-hybridized carbons (Fsp3) is 0.429. The van der Waals surface area contributed by atoms with Crippen LogP contribution in [0, 0.1) is 0 Å². The van der Waals surface area contributed by atoms with Crippen LogP contribution in [0.1, 0.15) is 25.3 Å². The molecule has 0 aromatic heterocycles. The third kappa shape index (κ3) is 3.24. The molecular formula is C14H20O3. The number of benzene rings is 1. The van der Waals surface area contributed by atoms with Crippen LogP contribution in [0.2, 0.25) is 0 Å². The largest absolute Gasteiger partial charge is 0.497 e. The molecule has 0 heterocycles. The average molecular weight is 236 g/mol. The highest BCUT2D eigenvalue weighted by molar-refractivity contribution is 5.43. The third-order valence-corrected chi connectivity index (χ3v) is 2.82. The molecular weight excluding hydrogens is 216 g/mol. The van der Waals surface area contributed by atoms with Gasteiger partial charge in [-0.05, 0) is 31.9 Å². The Balaban J connectivity index is 3.07. The summed E-state index contributed by atoms with van der Waals surface area (Å²) in [4.78, 5) is 0. The van der Waals surface area contributed by atoms with Crippen LogP contribution in [-0.2, 0) is 5.60 Å². The molecule has 17 heavy (non-hydrogen) atoms. The average Bonchev–Trinajstić information content (AvgIpc) is 2.35. The van der Waals surface area contributed by atoms with E-state index in [4.69, 9.17) is 9.47 Å². The van der Waals surface area contributed by atoms with E-state index >= 15 is 0 Å². The van der Waals surface area contributed by atoms with Gasteiger partial charge in [0.1, 0.15) is 11.5 Å². The molecule has 3 nitrogen and oxygen atoms in total. The first-order chi connectivity index (χ1) is 8.05. The van der Waals surface area contributed by atoms with Crippen molar-refractivity contribution in [2.75, 3.05) is 14.2 Å². The molecule has 0 saturated heterocycles. The second kappa shape index (κ2) is 5.73. The van der Waals surface area contributed by atoms with E-state index in [0.717, 1.165) is 12.0 Å². The Morgan fingerprint density at radius 3 is 2.59 bits per heavy atom. The lowest BCUT2D eigenvalue weighted by Gasteiger charge is -2.25. The normalized spacial score (nSPS) is 13.9. The van der Waals surface area contributed by atoms with Gasteiger partial charge in [0.25, 0.3) is 0 Å². The summed E-state index contributed by atoms with van der Waals surface area (Å²) in [6.07, 6.45) is 3.16. The van der Waals surface area contributed by atoms with Gasteiger partial charge in [0.15, 0.2) is 0 Å². The zero-order valence-electron chi connectivity index (χ0n) is 10.7. The Kier molecular flexibility index (Phi) is 4.58. The van der Waals surface area contributed by atoms with Crippen molar-refractivity contribution in [1.29, 1.82) is 0 Å². The van der Waals surface area contributed by atoms with Crippen LogP contribution in [0.4, 0.5) is 0 Å². The number of aliphatic hydroxyl groups is 1. The molecule has 0 aliphatic carbocycles. The van der Waals surface area contributed by atoms with Crippen molar-refractivity contribution in [1.82, 2.24) is 0 Å². The van der Waals surface area contributed by atoms with Gasteiger partial charge in [-0.2, -0.15) is 0 Å². The molecule has 1 aromatic rings. The maximum atomic E-state index is 10.4. The Labute approximate surface area is 103 Å². The van der Waals surface area contributed by atoms with Gasteiger partial charge in [0.2, 0.25) is 0 Å². The van der Waals surface area contributed by atoms with Crippen LogP contribution in [0.3, 0.4) is 0 Å². The lowest BCUT2D eigenvalue weighted by molar-refractivity contribution is 0.0462. The maximum Gasteiger partial charge on any atom is 0.128 e. The minimum atomic E-state index is -0.925. The molecule has 1 unspecified atom stereocenters. The molecule has 1 N–H and O–H groups in total. The van der Waals surface area contributed by atoms with Crippen molar-refractivity contribution in [3.8, 4) is 11.5 Å². The van der Waals surface area contributed by atoms with Crippen LogP contribution >= 0.6 is 0 Å². The Hall–Kier alpha value is -1.48. The van der Waals surface area contributed by atoms with Gasteiger partial charge in [-0.25, -0.2) is 0 Å². The molecule has 0 amide bonds. The van der Waals surface area contributed by atoms with Gasteiger partial charge < -0.3 is 14.6 Å². The van der Waals surface area contributed by atoms with Gasteiger partial charge in [-0.15, -0.1) is 6.58 Å². The quantitative estimate of drug-likeness (QED) is 0.772. The minimum Gasteiger partial charge on any atom is -0.497 e. The smallest absolute Gasteiger partial charge is 0.128 e. The molecule has 1 aromatic carbocycles. The maximum absolute atomic E-state index is 10.4. The summed E-state index contributed by atoms with van der Waals surface area (Å²) >= 11 is 0. The van der Waals surface area contributed by atoms with Gasteiger partial charge in [0, 0.05) is 11.6 Å². The van der Waals surface area contributed by atoms with Crippen LogP contribution in [-0.4, -0.2) is 19.3 Å². The molecule has 0 aliphatic rings. The van der Waals surface area contributed by atoms with E-state index in [2.05, 4.69) is 6.58 Å². The second-order valence-corrected chi connectivity index (χ2v) is 4.17. The molecule has 0 saturated carbocycles. The topological polar surface area (TPSA) is 38.7 Å². The van der Waals surface area contributed by atoms with Gasteiger partial charge in [0.05, 0.1) is 19.8 Å². The zero-order valence-corrected chi connectivity index (χ0v) is 10.7. The highest BCUT2D eigenvalue weighted by Gasteiger charge is 2.26. The first-order valence-electron chi connectivity index (χ1n) is 5.61. The van der Waals surface area contributed by atoms with E-state index in [0.29, 0.717) is 17.9 Å². The van der Waals surface area contributed by atoms with E-state index in [9.17, 15) is 5.11 Å². The minimum absolute atomic E-state index is 0.610. The Morgan fingerprint density at radius 2 is 2.06 bits per heavy atom. The summed E-state index contributed by atoms with van der Waals surface area (Å²) in [6, 6.07) is 5.43. The monoisotopic (exact) mass is 236 g/mol. The fourth-order valence-electron chi connectivity index (χ4n) is 1.76. The first-order valence-corrected chi connectivity index (χ1v) is 5.61. The van der Waals surface area contributed by atoms with Crippen molar-refractivity contribution < 1.29 is 14.6 Å². The number of allylic oxidation sites excluding steroid dienone is 1. The van der Waals surface area contributed by atoms with E-state index in [1.807, 2.05) is 12.1 Å². The molecule has 94 valence electrons. The predicted octanol–water partition coefficient (Wildman–Crippen LogP) is 2.88. The van der Waals surface area contributed by atoms with Crippen LogP contribution in [0.5, 0.6) is 11.5 Å². The summed E-state index contributed by atoms with van der Waals surface area (Å²) in [5.41, 5.74) is -0.158. The fourth-order valence-corrected chi connectivity index (χ4v) is 1.76. The molecule has 0 bridgehead atoms. The number of hydrogen-bond donors (Lipinski definition) is 1. The third-order valence-electron chi connectivity index (χ3n) is 2.82. The standard InChI is InChI=1S/C14H20O3/c1-5-6-9-14(2,15)12-8-7-11(16-3)10-13(12)17-4/h5,7-8,10,15H,1,6,9H2,2-4H3. The van der Waals surface area contributed by atoms with Crippen molar-refractivity contribution in [3.05, 3.63) is 36.4 Å². The summed E-state index contributed by atoms with van der Waals surface area (Å²) in [5, 5.41) is 10.4. The lowest BCUT2D eigenvalue weighted by atomic mass is 9.90. The van der Waals surface area contributed by atoms with Gasteiger partial charge >= 0.3 is 0 Å². The van der Waals surface area contributed by atoms with Crippen molar-refractivity contribution in [2.45, 2.75) is 25.4 Å². The summed E-state index contributed by atoms with van der Waals surface area (Å²) in [7, 11) is 3.19. The highest BCUT2D eigenvalue weighted by atomic mass is 16.5. The molecule has 1 atom stereocenters. The summed E-state index contributed by atoms with van der Waals surface area (Å²) in [5.74, 6) is 1.35. The lowest BCUT2D eigenvalue weighted by Crippen LogP contribution is -2.21. The first kappa shape index (κ1) is 13.6. The van der Waals surface area contributed by atoms with E-state index in [1.165, 1.54) is 0 Å². The van der Waals surface area contributed by atoms with Gasteiger partial charge in [-0.3, -0.25) is 0 Å². The Bertz CT molecular complexity index is 383. The zero-order chi connectivity index (χ0) is 12.9. The number of rotatable bonds is 6. The van der Waals surface area contributed by atoms with Crippen LogP contribution in [0.25, 0.3) is 0 Å². The highest BCUT2D eigenvalue weighted by Crippen LogP contribution is 2.35. The van der Waals surface area contributed by atoms with E-state index < -0.39 is 5.60 Å². The van der Waals surface area contributed by atoms with Crippen LogP contribution in [0.15, 0.2) is 30.9 Å². The summed E-state index contributed by atoms with van der Waals surface area (Å²) in [6.45, 7) is 5.44. The van der Waals surface area contributed by atoms with E-state index in [-0.39, 0.29) is 0 Å². The van der Waals surface area contributed by atoms with Gasteiger partial charge in [-0.1, -0.05) is 6.08 Å². The van der Waals surface area contributed by atoms with Crippen molar-refractivity contribution in [2.24, 2.45) is 0 Å². The molecule has 0 aliphatic heterocycles. The van der Waals surface area contributed by atoms with Crippen molar-refractivity contribution in [3.63, 3.8) is 0 Å². The predicted molar refractivity (Wildman–Crippen MR) is 68.5 cm³/mol.